The monoisotopic (exact) mass is 338 g/mol. The van der Waals surface area contributed by atoms with Gasteiger partial charge in [0.25, 0.3) is 0 Å². The highest BCUT2D eigenvalue weighted by molar-refractivity contribution is 5.18. The third kappa shape index (κ3) is 5.42. The summed E-state index contributed by atoms with van der Waals surface area (Å²) in [6, 6.07) is 20.5. The maximum Gasteiger partial charge on any atom is 0.0688 e. The van der Waals surface area contributed by atoms with Crippen LogP contribution < -0.4 is 0 Å². The molecule has 2 nitrogen and oxygen atoms in total. The second kappa shape index (κ2) is 8.16. The van der Waals surface area contributed by atoms with Crippen molar-refractivity contribution in [3.05, 3.63) is 71.8 Å². The highest BCUT2D eigenvalue weighted by atomic mass is 16.3. The Morgan fingerprint density at radius 1 is 0.560 bits per heavy atom. The van der Waals surface area contributed by atoms with Gasteiger partial charge in [-0.1, -0.05) is 73.5 Å². The van der Waals surface area contributed by atoms with E-state index < -0.39 is 11.2 Å². The lowest BCUT2D eigenvalue weighted by atomic mass is 9.84. The summed E-state index contributed by atoms with van der Waals surface area (Å²) in [4.78, 5) is 0. The predicted octanol–water partition coefficient (Wildman–Crippen LogP) is 4.68. The quantitative estimate of drug-likeness (QED) is 0.850. The topological polar surface area (TPSA) is 40.5 Å². The van der Waals surface area contributed by atoms with Crippen LogP contribution in [0.5, 0.6) is 0 Å². The minimum Gasteiger partial charge on any atom is -0.390 e. The van der Waals surface area contributed by atoms with Crippen molar-refractivity contribution in [2.75, 3.05) is 0 Å². The van der Waals surface area contributed by atoms with Crippen molar-refractivity contribution in [1.29, 1.82) is 0 Å². The van der Waals surface area contributed by atoms with Crippen molar-refractivity contribution >= 4 is 0 Å². The van der Waals surface area contributed by atoms with E-state index in [9.17, 15) is 10.2 Å². The molecule has 134 valence electrons. The molecule has 1 aliphatic rings. The van der Waals surface area contributed by atoms with Crippen LogP contribution in [-0.2, 0) is 12.8 Å². The fourth-order valence-electron chi connectivity index (χ4n) is 4.21. The van der Waals surface area contributed by atoms with Gasteiger partial charge in [0.2, 0.25) is 0 Å². The van der Waals surface area contributed by atoms with Crippen molar-refractivity contribution in [3.63, 3.8) is 0 Å². The Morgan fingerprint density at radius 2 is 0.920 bits per heavy atom. The number of hydrogen-bond acceptors (Lipinski definition) is 2. The lowest BCUT2D eigenvalue weighted by Gasteiger charge is -2.29. The molecule has 1 fully saturated rings. The van der Waals surface area contributed by atoms with Crippen LogP contribution in [0.3, 0.4) is 0 Å². The van der Waals surface area contributed by atoms with Crippen LogP contribution in [0.2, 0.25) is 0 Å². The van der Waals surface area contributed by atoms with Crippen molar-refractivity contribution < 1.29 is 10.2 Å². The van der Waals surface area contributed by atoms with Crippen LogP contribution >= 0.6 is 0 Å². The highest BCUT2D eigenvalue weighted by Crippen LogP contribution is 2.34. The summed E-state index contributed by atoms with van der Waals surface area (Å²) >= 11 is 0. The zero-order chi connectivity index (χ0) is 17.6. The van der Waals surface area contributed by atoms with E-state index in [0.29, 0.717) is 12.8 Å². The van der Waals surface area contributed by atoms with E-state index in [4.69, 9.17) is 0 Å². The van der Waals surface area contributed by atoms with Crippen molar-refractivity contribution in [2.24, 2.45) is 0 Å². The van der Waals surface area contributed by atoms with Crippen LogP contribution in [0.25, 0.3) is 0 Å². The Kier molecular flexibility index (Phi) is 5.93. The molecule has 2 N–H and O–H groups in total. The summed E-state index contributed by atoms with van der Waals surface area (Å²) in [5, 5.41) is 22.3. The second-order valence-electron chi connectivity index (χ2n) is 7.83. The molecule has 0 aromatic heterocycles. The zero-order valence-electron chi connectivity index (χ0n) is 15.0. The summed E-state index contributed by atoms with van der Waals surface area (Å²) in [7, 11) is 0. The SMILES string of the molecule is OC1(Cc2ccccc2)CCCCC(O)(Cc2ccccc2)CCC1. The van der Waals surface area contributed by atoms with E-state index in [2.05, 4.69) is 24.3 Å². The fraction of sp³-hybridized carbons (Fsp3) is 0.478. The summed E-state index contributed by atoms with van der Waals surface area (Å²) in [6.07, 6.45) is 7.41. The molecule has 2 atom stereocenters. The molecule has 1 aliphatic carbocycles. The zero-order valence-corrected chi connectivity index (χ0v) is 15.0. The molecule has 2 unspecified atom stereocenters. The van der Waals surface area contributed by atoms with Gasteiger partial charge in [0.05, 0.1) is 11.2 Å². The van der Waals surface area contributed by atoms with Crippen molar-refractivity contribution in [1.82, 2.24) is 0 Å². The van der Waals surface area contributed by atoms with E-state index in [1.165, 1.54) is 11.1 Å². The fourth-order valence-corrected chi connectivity index (χ4v) is 4.21. The first-order chi connectivity index (χ1) is 12.1. The molecule has 0 bridgehead atoms. The van der Waals surface area contributed by atoms with Gasteiger partial charge in [-0.25, -0.2) is 0 Å². The Hall–Kier alpha value is -1.64. The van der Waals surface area contributed by atoms with E-state index in [0.717, 1.165) is 44.9 Å². The predicted molar refractivity (Wildman–Crippen MR) is 103 cm³/mol. The molecule has 2 aromatic rings. The van der Waals surface area contributed by atoms with Crippen molar-refractivity contribution in [3.8, 4) is 0 Å². The van der Waals surface area contributed by atoms with E-state index in [1.807, 2.05) is 36.4 Å². The van der Waals surface area contributed by atoms with Gasteiger partial charge < -0.3 is 10.2 Å². The van der Waals surface area contributed by atoms with Gasteiger partial charge in [-0.2, -0.15) is 0 Å². The molecule has 0 aliphatic heterocycles. The third-order valence-corrected chi connectivity index (χ3v) is 5.57. The average Bonchev–Trinajstić information content (AvgIpc) is 2.67. The number of aliphatic hydroxyl groups is 2. The van der Waals surface area contributed by atoms with Gasteiger partial charge in [-0.15, -0.1) is 0 Å². The van der Waals surface area contributed by atoms with Gasteiger partial charge in [-0.3, -0.25) is 0 Å². The second-order valence-corrected chi connectivity index (χ2v) is 7.83. The normalized spacial score (nSPS) is 27.9. The first-order valence-electron chi connectivity index (χ1n) is 9.60. The van der Waals surface area contributed by atoms with Crippen LogP contribution in [0.1, 0.15) is 56.1 Å². The molecule has 3 rings (SSSR count). The Balaban J connectivity index is 1.63. The highest BCUT2D eigenvalue weighted by Gasteiger charge is 2.33. The molecule has 2 heteroatoms. The Morgan fingerprint density at radius 3 is 1.32 bits per heavy atom. The first kappa shape index (κ1) is 18.2. The van der Waals surface area contributed by atoms with Gasteiger partial charge in [-0.05, 0) is 43.2 Å². The Bertz CT molecular complexity index is 582. The molecule has 0 amide bonds. The lowest BCUT2D eigenvalue weighted by Crippen LogP contribution is -2.33. The lowest BCUT2D eigenvalue weighted by molar-refractivity contribution is 0.00681. The average molecular weight is 338 g/mol. The molecule has 0 saturated heterocycles. The van der Waals surface area contributed by atoms with Gasteiger partial charge in [0, 0.05) is 12.8 Å². The summed E-state index contributed by atoms with van der Waals surface area (Å²) in [5.41, 5.74) is 1.12. The molecule has 2 aromatic carbocycles. The van der Waals surface area contributed by atoms with E-state index in [-0.39, 0.29) is 0 Å². The molecular formula is C23H30O2. The molecule has 25 heavy (non-hydrogen) atoms. The summed E-state index contributed by atoms with van der Waals surface area (Å²) in [6.45, 7) is 0. The van der Waals surface area contributed by atoms with Gasteiger partial charge in [0.15, 0.2) is 0 Å². The molecule has 1 saturated carbocycles. The first-order valence-corrected chi connectivity index (χ1v) is 9.60. The summed E-state index contributed by atoms with van der Waals surface area (Å²) in [5.74, 6) is 0. The van der Waals surface area contributed by atoms with E-state index in [1.54, 1.807) is 0 Å². The van der Waals surface area contributed by atoms with Crippen molar-refractivity contribution in [2.45, 2.75) is 69.0 Å². The Labute approximate surface area is 151 Å². The molecule has 0 radical (unpaired) electrons. The smallest absolute Gasteiger partial charge is 0.0688 e. The molecule has 0 heterocycles. The van der Waals surface area contributed by atoms with Crippen LogP contribution in [0.4, 0.5) is 0 Å². The van der Waals surface area contributed by atoms with Crippen LogP contribution in [-0.4, -0.2) is 21.4 Å². The maximum absolute atomic E-state index is 11.1. The molecule has 0 spiro atoms. The number of hydrogen-bond donors (Lipinski definition) is 2. The van der Waals surface area contributed by atoms with Gasteiger partial charge in [0.1, 0.15) is 0 Å². The number of benzene rings is 2. The van der Waals surface area contributed by atoms with Crippen LogP contribution in [0, 0.1) is 0 Å². The van der Waals surface area contributed by atoms with E-state index >= 15 is 0 Å². The molecular weight excluding hydrogens is 308 g/mol. The standard InChI is InChI=1S/C23H30O2/c24-22(18-20-10-3-1-4-11-20)14-7-8-15-23(25,17-9-16-22)19-21-12-5-2-6-13-21/h1-6,10-13,24-25H,7-9,14-19H2. The maximum atomic E-state index is 11.1. The number of rotatable bonds is 4. The minimum absolute atomic E-state index is 0.640. The minimum atomic E-state index is -0.640. The van der Waals surface area contributed by atoms with Crippen LogP contribution in [0.15, 0.2) is 60.7 Å². The third-order valence-electron chi connectivity index (χ3n) is 5.57. The summed E-state index contributed by atoms with van der Waals surface area (Å²) < 4.78 is 0. The van der Waals surface area contributed by atoms with Gasteiger partial charge >= 0.3 is 0 Å². The largest absolute Gasteiger partial charge is 0.390 e.